The van der Waals surface area contributed by atoms with Crippen LogP contribution in [-0.4, -0.2) is 116 Å². The van der Waals surface area contributed by atoms with Gasteiger partial charge in [-0.15, -0.1) is 6.58 Å². The first-order chi connectivity index (χ1) is 21.9. The van der Waals surface area contributed by atoms with Gasteiger partial charge in [0.1, 0.15) is 12.0 Å². The quantitative estimate of drug-likeness (QED) is 0.226. The Morgan fingerprint density at radius 1 is 1.11 bits per heavy atom. The second kappa shape index (κ2) is 16.1. The number of carbonyl (C=O) groups excluding carboxylic acids is 3. The van der Waals surface area contributed by atoms with E-state index >= 15 is 0 Å². The highest BCUT2D eigenvalue weighted by Gasteiger charge is 2.56. The number of nitrogens with zero attached hydrogens (tertiary/aromatic N) is 2. The number of hydroxylamine groups is 2. The van der Waals surface area contributed by atoms with E-state index in [-0.39, 0.29) is 42.4 Å². The number of alkyl carbamates (subject to hydrolysis) is 1. The number of carbonyl (C=O) groups is 3. The van der Waals surface area contributed by atoms with Gasteiger partial charge in [-0.1, -0.05) is 33.8 Å². The third-order valence-corrected chi connectivity index (χ3v) is 10.6. The van der Waals surface area contributed by atoms with E-state index in [4.69, 9.17) is 28.5 Å². The van der Waals surface area contributed by atoms with Gasteiger partial charge in [0, 0.05) is 24.4 Å². The lowest BCUT2D eigenvalue weighted by Crippen LogP contribution is -2.60. The number of cyclic esters (lactones) is 1. The number of ketones is 1. The van der Waals surface area contributed by atoms with Crippen LogP contribution >= 0.6 is 0 Å². The molecule has 3 saturated heterocycles. The average molecular weight is 668 g/mol. The number of amides is 1. The maximum atomic E-state index is 14.3. The van der Waals surface area contributed by atoms with Crippen molar-refractivity contribution >= 4 is 17.8 Å². The highest BCUT2D eigenvalue weighted by atomic mass is 16.7. The SMILES string of the molecule is C=CCO[C@]1(C)C[C@@H](C)CN(OC)[C@H](C)[C@H]2NC(=O)O[C@]2(C)[C@@H](CC)OC(=O)C(C)C(=O)[C@@H](C)C1O[C@@H]1OC(C)CC(N(C)C)C1C. The zero-order valence-electron chi connectivity index (χ0n) is 30.7. The van der Waals surface area contributed by atoms with Gasteiger partial charge in [-0.3, -0.25) is 9.59 Å². The van der Waals surface area contributed by atoms with E-state index in [2.05, 4.69) is 44.7 Å². The molecule has 12 heteroatoms. The number of nitrogens with one attached hydrogen (secondary N) is 1. The van der Waals surface area contributed by atoms with Crippen LogP contribution in [0.4, 0.5) is 4.79 Å². The van der Waals surface area contributed by atoms with Crippen LogP contribution in [0, 0.1) is 23.7 Å². The van der Waals surface area contributed by atoms with Crippen molar-refractivity contribution in [3.63, 3.8) is 0 Å². The van der Waals surface area contributed by atoms with Gasteiger partial charge >= 0.3 is 12.1 Å². The highest BCUT2D eigenvalue weighted by molar-refractivity contribution is 6.00. The Morgan fingerprint density at radius 2 is 1.77 bits per heavy atom. The summed E-state index contributed by atoms with van der Waals surface area (Å²) >= 11 is 0. The lowest BCUT2D eigenvalue weighted by atomic mass is 9.78. The van der Waals surface area contributed by atoms with Crippen LogP contribution in [0.5, 0.6) is 0 Å². The topological polar surface area (TPSA) is 125 Å². The van der Waals surface area contributed by atoms with Crippen LogP contribution in [0.25, 0.3) is 0 Å². The zero-order chi connectivity index (χ0) is 35.4. The van der Waals surface area contributed by atoms with E-state index in [0.717, 1.165) is 6.42 Å². The van der Waals surface area contributed by atoms with Crippen molar-refractivity contribution in [3.8, 4) is 0 Å². The molecule has 47 heavy (non-hydrogen) atoms. The third-order valence-electron chi connectivity index (χ3n) is 10.6. The molecule has 1 N–H and O–H groups in total. The van der Waals surface area contributed by atoms with Gasteiger partial charge in [-0.25, -0.2) is 4.79 Å². The van der Waals surface area contributed by atoms with E-state index in [1.165, 1.54) is 0 Å². The molecular weight excluding hydrogens is 606 g/mol. The minimum Gasteiger partial charge on any atom is -0.458 e. The molecule has 1 amide bonds. The van der Waals surface area contributed by atoms with Gasteiger partial charge < -0.3 is 38.7 Å². The van der Waals surface area contributed by atoms with Crippen molar-refractivity contribution in [2.45, 2.75) is 136 Å². The second-order valence-electron chi connectivity index (χ2n) is 14.7. The molecule has 0 saturated carbocycles. The maximum absolute atomic E-state index is 14.3. The fourth-order valence-electron chi connectivity index (χ4n) is 8.00. The van der Waals surface area contributed by atoms with Gasteiger partial charge in [-0.2, -0.15) is 5.06 Å². The lowest BCUT2D eigenvalue weighted by Gasteiger charge is -2.48. The Hall–Kier alpha value is -2.09. The van der Waals surface area contributed by atoms with Crippen LogP contribution in [0.3, 0.4) is 0 Å². The van der Waals surface area contributed by atoms with E-state index in [9.17, 15) is 14.4 Å². The van der Waals surface area contributed by atoms with Crippen molar-refractivity contribution in [1.82, 2.24) is 15.3 Å². The number of fused-ring (bicyclic) bond motifs is 1. The van der Waals surface area contributed by atoms with Gasteiger partial charge in [0.2, 0.25) is 0 Å². The Balaban J connectivity index is 2.13. The van der Waals surface area contributed by atoms with Gasteiger partial charge in [0.15, 0.2) is 17.7 Å². The molecule has 0 aromatic heterocycles. The molecule has 5 unspecified atom stereocenters. The Bertz CT molecular complexity index is 1110. The molecular formula is C35H61N3O9. The minimum atomic E-state index is -1.21. The number of hydrogen-bond acceptors (Lipinski definition) is 11. The fourth-order valence-corrected chi connectivity index (χ4v) is 8.00. The van der Waals surface area contributed by atoms with Gasteiger partial charge in [0.25, 0.3) is 0 Å². The van der Waals surface area contributed by atoms with E-state index < -0.39 is 59.6 Å². The first-order valence-electron chi connectivity index (χ1n) is 17.2. The third kappa shape index (κ3) is 8.56. The molecule has 0 spiro atoms. The monoisotopic (exact) mass is 667 g/mol. The van der Waals surface area contributed by atoms with Crippen molar-refractivity contribution in [2.75, 3.05) is 34.4 Å². The molecule has 0 aromatic rings. The Morgan fingerprint density at radius 3 is 2.34 bits per heavy atom. The summed E-state index contributed by atoms with van der Waals surface area (Å²) in [5.41, 5.74) is -2.21. The summed E-state index contributed by atoms with van der Waals surface area (Å²) in [6.45, 7) is 21.7. The largest absolute Gasteiger partial charge is 0.458 e. The van der Waals surface area contributed by atoms with Crippen LogP contribution in [-0.2, 0) is 38.1 Å². The van der Waals surface area contributed by atoms with Gasteiger partial charge in [-0.05, 0) is 73.9 Å². The van der Waals surface area contributed by atoms with E-state index in [0.29, 0.717) is 19.4 Å². The summed E-state index contributed by atoms with van der Waals surface area (Å²) in [7, 11) is 5.70. The summed E-state index contributed by atoms with van der Waals surface area (Å²) in [5.74, 6) is -2.95. The zero-order valence-corrected chi connectivity index (χ0v) is 30.7. The number of hydrogen-bond donors (Lipinski definition) is 1. The fraction of sp³-hybridized carbons (Fsp3) is 0.857. The molecule has 3 rings (SSSR count). The molecule has 3 aliphatic rings. The van der Waals surface area contributed by atoms with Crippen LogP contribution in [0.1, 0.15) is 81.6 Å². The summed E-state index contributed by atoms with van der Waals surface area (Å²) < 4.78 is 31.7. The standard InChI is InChI=1S/C35H61N3O9/c1-14-16-43-34(9)18-20(3)19-38(42-13)25(8)29-35(10,47-33(41)36-29)27(15-2)45-31(40)24(7)28(39)23(6)30(34)46-32-22(5)26(37(11)12)17-21(4)44-32/h14,20-27,29-30,32H,1,15-19H2,2-13H3,(H,36,41)/t20-,21?,22?,23-,24?,25-,26?,27-,29-,30?,32+,34-,35-/m1/s1. The van der Waals surface area contributed by atoms with Crippen LogP contribution < -0.4 is 5.32 Å². The first kappa shape index (κ1) is 39.3. The molecule has 0 aromatic carbocycles. The summed E-state index contributed by atoms with van der Waals surface area (Å²) in [6.07, 6.45) is 0.496. The average Bonchev–Trinajstić information content (AvgIpc) is 3.33. The summed E-state index contributed by atoms with van der Waals surface area (Å²) in [6, 6.07) is -0.745. The molecule has 0 bridgehead atoms. The number of esters is 1. The number of ether oxygens (including phenoxy) is 5. The first-order valence-corrected chi connectivity index (χ1v) is 17.2. The van der Waals surface area contributed by atoms with Crippen molar-refractivity contribution in [1.29, 1.82) is 0 Å². The van der Waals surface area contributed by atoms with Crippen molar-refractivity contribution in [2.24, 2.45) is 23.7 Å². The van der Waals surface area contributed by atoms with E-state index in [1.807, 2.05) is 32.8 Å². The molecule has 0 radical (unpaired) electrons. The van der Waals surface area contributed by atoms with Crippen LogP contribution in [0.15, 0.2) is 12.7 Å². The minimum absolute atomic E-state index is 0.00548. The predicted octanol–water partition coefficient (Wildman–Crippen LogP) is 4.36. The van der Waals surface area contributed by atoms with Crippen LogP contribution in [0.2, 0.25) is 0 Å². The highest BCUT2D eigenvalue weighted by Crippen LogP contribution is 2.39. The Kier molecular flexibility index (Phi) is 13.5. The predicted molar refractivity (Wildman–Crippen MR) is 177 cm³/mol. The molecule has 3 fully saturated rings. The summed E-state index contributed by atoms with van der Waals surface area (Å²) in [4.78, 5) is 48.8. The normalized spacial score (nSPS) is 42.9. The lowest BCUT2D eigenvalue weighted by molar-refractivity contribution is -0.283. The number of rotatable bonds is 8. The smallest absolute Gasteiger partial charge is 0.408 e. The molecule has 3 heterocycles. The van der Waals surface area contributed by atoms with Gasteiger partial charge in [0.05, 0.1) is 43.6 Å². The van der Waals surface area contributed by atoms with Crippen molar-refractivity contribution < 1.29 is 42.9 Å². The molecule has 13 atom stereocenters. The molecule has 0 aliphatic carbocycles. The Labute approximate surface area is 282 Å². The molecule has 270 valence electrons. The van der Waals surface area contributed by atoms with Crippen molar-refractivity contribution in [3.05, 3.63) is 12.7 Å². The second-order valence-corrected chi connectivity index (χ2v) is 14.7. The maximum Gasteiger partial charge on any atom is 0.408 e. The summed E-state index contributed by atoms with van der Waals surface area (Å²) in [5, 5.41) is 4.74. The van der Waals surface area contributed by atoms with E-state index in [1.54, 1.807) is 34.0 Å². The molecule has 3 aliphatic heterocycles. The molecule has 12 nitrogen and oxygen atoms in total. The number of Topliss-reactive ketones (excluding diaryl/α,β-unsaturated/α-hetero) is 1.